The molecule has 0 radical (unpaired) electrons. The lowest BCUT2D eigenvalue weighted by atomic mass is 10.1. The molecule has 4 rings (SSSR count). The highest BCUT2D eigenvalue weighted by molar-refractivity contribution is 6.03. The Labute approximate surface area is 155 Å². The van der Waals surface area contributed by atoms with Crippen molar-refractivity contribution in [3.8, 4) is 11.3 Å². The molecule has 0 aliphatic heterocycles. The summed E-state index contributed by atoms with van der Waals surface area (Å²) in [6, 6.07) is 7.61. The van der Waals surface area contributed by atoms with Crippen molar-refractivity contribution >= 4 is 27.7 Å². The minimum absolute atomic E-state index is 0.103. The standard InChI is InChI=1S/C19H20N6O2/c1-19(2,27)10-21-9-16(26)18-22-14-7-12-13(8-15(14)23-18)24-25-17(12)11-3-5-20-6-4-11/h3-8,21,27H,9-10H2,1-2H3,(H,22,23)(H,24,25). The normalized spacial score (nSPS) is 12.1. The Kier molecular flexibility index (Phi) is 4.21. The summed E-state index contributed by atoms with van der Waals surface area (Å²) in [5.41, 5.74) is 3.22. The predicted octanol–water partition coefficient (Wildman–Crippen LogP) is 2.04. The van der Waals surface area contributed by atoms with Crippen molar-refractivity contribution in [1.82, 2.24) is 30.5 Å². The van der Waals surface area contributed by atoms with Crippen LogP contribution in [0.1, 0.15) is 24.5 Å². The van der Waals surface area contributed by atoms with Gasteiger partial charge in [0.15, 0.2) is 5.82 Å². The summed E-state index contributed by atoms with van der Waals surface area (Å²) in [5, 5.41) is 21.0. The maximum atomic E-state index is 12.4. The Bertz CT molecular complexity index is 1110. The van der Waals surface area contributed by atoms with Gasteiger partial charge in [-0.1, -0.05) is 0 Å². The number of nitrogens with one attached hydrogen (secondary N) is 3. The molecule has 8 nitrogen and oxygen atoms in total. The molecule has 3 aromatic heterocycles. The van der Waals surface area contributed by atoms with Crippen LogP contribution in [-0.4, -0.2) is 54.7 Å². The predicted molar refractivity (Wildman–Crippen MR) is 102 cm³/mol. The van der Waals surface area contributed by atoms with E-state index in [2.05, 4.69) is 30.5 Å². The molecule has 0 aliphatic carbocycles. The van der Waals surface area contributed by atoms with Gasteiger partial charge in [-0.05, 0) is 38.1 Å². The number of pyridine rings is 1. The number of aromatic nitrogens is 5. The SMILES string of the molecule is CC(C)(O)CNCC(=O)c1nc2cc3c(-c4ccncc4)n[nH]c3cc2[nH]1. The van der Waals surface area contributed by atoms with Crippen molar-refractivity contribution < 1.29 is 9.90 Å². The Hall–Kier alpha value is -3.10. The first-order valence-corrected chi connectivity index (χ1v) is 8.65. The van der Waals surface area contributed by atoms with Gasteiger partial charge in [-0.25, -0.2) is 4.98 Å². The molecule has 27 heavy (non-hydrogen) atoms. The molecule has 138 valence electrons. The molecule has 3 heterocycles. The maximum Gasteiger partial charge on any atom is 0.211 e. The number of benzene rings is 1. The highest BCUT2D eigenvalue weighted by atomic mass is 16.3. The van der Waals surface area contributed by atoms with Gasteiger partial charge in [0.1, 0.15) is 5.69 Å². The van der Waals surface area contributed by atoms with Crippen LogP contribution in [0.25, 0.3) is 33.2 Å². The van der Waals surface area contributed by atoms with Crippen molar-refractivity contribution in [1.29, 1.82) is 0 Å². The highest BCUT2D eigenvalue weighted by Gasteiger charge is 2.17. The molecular formula is C19H20N6O2. The molecule has 0 saturated heterocycles. The molecule has 0 saturated carbocycles. The summed E-state index contributed by atoms with van der Waals surface area (Å²) in [4.78, 5) is 23.9. The zero-order valence-electron chi connectivity index (χ0n) is 15.1. The topological polar surface area (TPSA) is 120 Å². The lowest BCUT2D eigenvalue weighted by Crippen LogP contribution is -2.37. The van der Waals surface area contributed by atoms with Gasteiger partial charge in [-0.3, -0.25) is 14.9 Å². The number of carbonyl (C=O) groups excluding carboxylic acids is 1. The summed E-state index contributed by atoms with van der Waals surface area (Å²) >= 11 is 0. The smallest absolute Gasteiger partial charge is 0.211 e. The molecule has 0 spiro atoms. The molecule has 0 aliphatic rings. The van der Waals surface area contributed by atoms with Crippen molar-refractivity contribution in [2.24, 2.45) is 0 Å². The van der Waals surface area contributed by atoms with E-state index < -0.39 is 5.60 Å². The lowest BCUT2D eigenvalue weighted by Gasteiger charge is -2.16. The zero-order chi connectivity index (χ0) is 19.0. The van der Waals surface area contributed by atoms with E-state index in [1.165, 1.54) is 0 Å². The molecule has 0 bridgehead atoms. The van der Waals surface area contributed by atoms with Gasteiger partial charge < -0.3 is 15.4 Å². The van der Waals surface area contributed by atoms with Crippen LogP contribution in [0.3, 0.4) is 0 Å². The average molecular weight is 364 g/mol. The fourth-order valence-electron chi connectivity index (χ4n) is 2.95. The molecule has 1 aromatic carbocycles. The van der Waals surface area contributed by atoms with Crippen LogP contribution in [0.4, 0.5) is 0 Å². The largest absolute Gasteiger partial charge is 0.389 e. The molecule has 0 atom stereocenters. The first kappa shape index (κ1) is 17.3. The number of fused-ring (bicyclic) bond motifs is 2. The van der Waals surface area contributed by atoms with Crippen molar-refractivity contribution in [3.63, 3.8) is 0 Å². The first-order valence-electron chi connectivity index (χ1n) is 8.65. The van der Waals surface area contributed by atoms with Crippen LogP contribution in [-0.2, 0) is 0 Å². The van der Waals surface area contributed by atoms with Crippen LogP contribution >= 0.6 is 0 Å². The van der Waals surface area contributed by atoms with Gasteiger partial charge >= 0.3 is 0 Å². The first-order chi connectivity index (χ1) is 12.9. The van der Waals surface area contributed by atoms with E-state index >= 15 is 0 Å². The number of ketones is 1. The molecular weight excluding hydrogens is 344 g/mol. The number of hydrogen-bond acceptors (Lipinski definition) is 6. The van der Waals surface area contributed by atoms with E-state index in [4.69, 9.17) is 0 Å². The Morgan fingerprint density at radius 2 is 2.00 bits per heavy atom. The molecule has 8 heteroatoms. The van der Waals surface area contributed by atoms with Crippen LogP contribution in [0.2, 0.25) is 0 Å². The number of aliphatic hydroxyl groups is 1. The Morgan fingerprint density at radius 3 is 2.74 bits per heavy atom. The maximum absolute atomic E-state index is 12.4. The monoisotopic (exact) mass is 364 g/mol. The molecule has 0 amide bonds. The number of carbonyl (C=O) groups is 1. The third kappa shape index (κ3) is 3.57. The quantitative estimate of drug-likeness (QED) is 0.389. The summed E-state index contributed by atoms with van der Waals surface area (Å²) in [6.07, 6.45) is 3.45. The summed E-state index contributed by atoms with van der Waals surface area (Å²) in [6.45, 7) is 3.79. The number of hydrogen-bond donors (Lipinski definition) is 4. The van der Waals surface area contributed by atoms with Gasteiger partial charge in [0.2, 0.25) is 5.78 Å². The van der Waals surface area contributed by atoms with E-state index in [0.717, 1.165) is 27.7 Å². The van der Waals surface area contributed by atoms with Crippen LogP contribution in [0, 0.1) is 0 Å². The van der Waals surface area contributed by atoms with Crippen LogP contribution in [0.5, 0.6) is 0 Å². The van der Waals surface area contributed by atoms with Crippen molar-refractivity contribution in [2.75, 3.05) is 13.1 Å². The van der Waals surface area contributed by atoms with Crippen LogP contribution in [0.15, 0.2) is 36.7 Å². The van der Waals surface area contributed by atoms with Crippen LogP contribution < -0.4 is 5.32 Å². The third-order valence-electron chi connectivity index (χ3n) is 4.23. The van der Waals surface area contributed by atoms with E-state index in [1.807, 2.05) is 24.3 Å². The van der Waals surface area contributed by atoms with Gasteiger partial charge in [0, 0.05) is 29.9 Å². The lowest BCUT2D eigenvalue weighted by molar-refractivity contribution is 0.0777. The van der Waals surface area contributed by atoms with Gasteiger partial charge in [-0.2, -0.15) is 5.10 Å². The fraction of sp³-hybridized carbons (Fsp3) is 0.263. The van der Waals surface area contributed by atoms with E-state index in [1.54, 1.807) is 26.2 Å². The second-order valence-corrected chi connectivity index (χ2v) is 7.15. The molecule has 0 fully saturated rings. The van der Waals surface area contributed by atoms with E-state index in [0.29, 0.717) is 17.9 Å². The fourth-order valence-corrected chi connectivity index (χ4v) is 2.95. The number of rotatable bonds is 6. The number of imidazole rings is 1. The Balaban J connectivity index is 1.64. The zero-order valence-corrected chi connectivity index (χ0v) is 15.1. The van der Waals surface area contributed by atoms with E-state index in [9.17, 15) is 9.90 Å². The number of H-pyrrole nitrogens is 2. The van der Waals surface area contributed by atoms with Gasteiger partial charge in [0.25, 0.3) is 0 Å². The Morgan fingerprint density at radius 1 is 1.22 bits per heavy atom. The second kappa shape index (κ2) is 6.57. The number of nitrogens with zero attached hydrogens (tertiary/aromatic N) is 3. The summed E-state index contributed by atoms with van der Waals surface area (Å²) < 4.78 is 0. The van der Waals surface area contributed by atoms with Crippen molar-refractivity contribution in [2.45, 2.75) is 19.4 Å². The molecule has 4 N–H and O–H groups in total. The average Bonchev–Trinajstić information content (AvgIpc) is 3.22. The highest BCUT2D eigenvalue weighted by Crippen LogP contribution is 2.28. The van der Waals surface area contributed by atoms with Gasteiger partial charge in [-0.15, -0.1) is 0 Å². The molecule has 4 aromatic rings. The van der Waals surface area contributed by atoms with E-state index in [-0.39, 0.29) is 12.3 Å². The summed E-state index contributed by atoms with van der Waals surface area (Å²) in [5.74, 6) is 0.130. The summed E-state index contributed by atoms with van der Waals surface area (Å²) in [7, 11) is 0. The van der Waals surface area contributed by atoms with Gasteiger partial charge in [0.05, 0.1) is 28.7 Å². The molecule has 0 unspecified atom stereocenters. The minimum Gasteiger partial charge on any atom is -0.389 e. The van der Waals surface area contributed by atoms with Crippen molar-refractivity contribution in [3.05, 3.63) is 42.5 Å². The minimum atomic E-state index is -0.872. The number of Topliss-reactive ketones (excluding diaryl/α,β-unsaturated/α-hetero) is 1. The number of aromatic amines is 2. The third-order valence-corrected chi connectivity index (χ3v) is 4.23. The second-order valence-electron chi connectivity index (χ2n) is 7.15.